The number of hydrogen-bond acceptors (Lipinski definition) is 4. The molecule has 48 heavy (non-hydrogen) atoms. The Kier molecular flexibility index (Phi) is 8.04. The van der Waals surface area contributed by atoms with Crippen LogP contribution in [0.5, 0.6) is 0 Å². The van der Waals surface area contributed by atoms with E-state index in [0.29, 0.717) is 5.89 Å². The number of aromatic nitrogens is 1. The minimum Gasteiger partial charge on any atom is -0.436 e. The minimum atomic E-state index is 0.122. The zero-order valence-corrected chi connectivity index (χ0v) is 26.4. The predicted octanol–water partition coefficient (Wildman–Crippen LogP) is 11.2. The van der Waals surface area contributed by atoms with Crippen LogP contribution < -0.4 is 5.01 Å². The molecule has 0 N–H and O–H groups in total. The Hall–Kier alpha value is -6.26. The van der Waals surface area contributed by atoms with Gasteiger partial charge in [-0.15, -0.1) is 0 Å². The smallest absolute Gasteiger partial charge is 0.226 e. The van der Waals surface area contributed by atoms with Gasteiger partial charge in [-0.3, -0.25) is 5.01 Å². The number of oxazole rings is 1. The first-order valence-corrected chi connectivity index (χ1v) is 16.2. The van der Waals surface area contributed by atoms with Gasteiger partial charge in [0, 0.05) is 17.5 Å². The van der Waals surface area contributed by atoms with Gasteiger partial charge in [0.15, 0.2) is 5.76 Å². The molecule has 0 fully saturated rings. The van der Waals surface area contributed by atoms with Crippen molar-refractivity contribution in [2.24, 2.45) is 5.10 Å². The van der Waals surface area contributed by atoms with Crippen molar-refractivity contribution in [1.29, 1.82) is 0 Å². The first-order chi connectivity index (χ1) is 23.8. The highest BCUT2D eigenvalue weighted by Gasteiger charge is 2.29. The van der Waals surface area contributed by atoms with E-state index in [0.717, 1.165) is 51.4 Å². The highest BCUT2D eigenvalue weighted by Crippen LogP contribution is 2.37. The molecule has 0 bridgehead atoms. The van der Waals surface area contributed by atoms with Crippen molar-refractivity contribution in [3.63, 3.8) is 0 Å². The summed E-state index contributed by atoms with van der Waals surface area (Å²) >= 11 is 0. The van der Waals surface area contributed by atoms with Crippen LogP contribution in [-0.4, -0.2) is 10.7 Å². The van der Waals surface area contributed by atoms with Crippen molar-refractivity contribution in [1.82, 2.24) is 4.98 Å². The molecule has 0 amide bonds. The Morgan fingerprint density at radius 2 is 1.15 bits per heavy atom. The van der Waals surface area contributed by atoms with Gasteiger partial charge in [0.05, 0.1) is 23.6 Å². The second kappa shape index (κ2) is 13.2. The van der Waals surface area contributed by atoms with Crippen LogP contribution in [0.3, 0.4) is 0 Å². The molecule has 1 atom stereocenters. The second-order valence-corrected chi connectivity index (χ2v) is 11.9. The lowest BCUT2D eigenvalue weighted by Crippen LogP contribution is -2.18. The van der Waals surface area contributed by atoms with Crippen molar-refractivity contribution in [2.75, 3.05) is 5.01 Å². The SMILES string of the molecule is C(=C\c1cccc(-c2ncc(-c3ccccc3)o2)c1)/c1ccc(N2N=C(c3ccc(-c4ccccc4)cc3)CC2c2ccccc2)cc1. The quantitative estimate of drug-likeness (QED) is 0.159. The lowest BCUT2D eigenvalue weighted by Gasteiger charge is -2.24. The first kappa shape index (κ1) is 29.2. The fourth-order valence-electron chi connectivity index (χ4n) is 6.19. The van der Waals surface area contributed by atoms with Crippen molar-refractivity contribution >= 4 is 23.6 Å². The summed E-state index contributed by atoms with van der Waals surface area (Å²) in [6.07, 6.45) is 6.88. The molecule has 0 saturated heterocycles. The van der Waals surface area contributed by atoms with Crippen LogP contribution in [-0.2, 0) is 0 Å². The maximum atomic E-state index is 6.08. The van der Waals surface area contributed by atoms with Crippen LogP contribution in [0, 0.1) is 0 Å². The number of hydrazone groups is 1. The molecule has 7 aromatic rings. The molecule has 0 aliphatic carbocycles. The first-order valence-electron chi connectivity index (χ1n) is 16.2. The molecule has 4 nitrogen and oxygen atoms in total. The highest BCUT2D eigenvalue weighted by atomic mass is 16.4. The molecular weight excluding hydrogens is 587 g/mol. The Labute approximate surface area is 281 Å². The Morgan fingerprint density at radius 3 is 1.88 bits per heavy atom. The third-order valence-corrected chi connectivity index (χ3v) is 8.74. The van der Waals surface area contributed by atoms with Gasteiger partial charge in [-0.1, -0.05) is 152 Å². The van der Waals surface area contributed by atoms with Gasteiger partial charge in [0.1, 0.15) is 0 Å². The third-order valence-electron chi connectivity index (χ3n) is 8.74. The number of nitrogens with zero attached hydrogens (tertiary/aromatic N) is 3. The maximum absolute atomic E-state index is 6.08. The van der Waals surface area contributed by atoms with Crippen LogP contribution in [0.1, 0.15) is 34.7 Å². The fourth-order valence-corrected chi connectivity index (χ4v) is 6.19. The molecule has 230 valence electrons. The highest BCUT2D eigenvalue weighted by molar-refractivity contribution is 6.03. The van der Waals surface area contributed by atoms with Crippen LogP contribution in [0.25, 0.3) is 46.1 Å². The van der Waals surface area contributed by atoms with Crippen LogP contribution in [0.15, 0.2) is 180 Å². The minimum absolute atomic E-state index is 0.122. The van der Waals surface area contributed by atoms with Crippen LogP contribution in [0.4, 0.5) is 5.69 Å². The molecule has 1 unspecified atom stereocenters. The van der Waals surface area contributed by atoms with Crippen molar-refractivity contribution < 1.29 is 4.42 Å². The topological polar surface area (TPSA) is 41.6 Å². The van der Waals surface area contributed by atoms with Crippen LogP contribution >= 0.6 is 0 Å². The van der Waals surface area contributed by atoms with Gasteiger partial charge in [0.25, 0.3) is 0 Å². The van der Waals surface area contributed by atoms with Gasteiger partial charge < -0.3 is 4.42 Å². The largest absolute Gasteiger partial charge is 0.436 e. The van der Waals surface area contributed by atoms with E-state index in [9.17, 15) is 0 Å². The summed E-state index contributed by atoms with van der Waals surface area (Å²) in [5.74, 6) is 1.37. The molecule has 0 spiro atoms. The van der Waals surface area contributed by atoms with E-state index in [4.69, 9.17) is 9.52 Å². The fraction of sp³-hybridized carbons (Fsp3) is 0.0455. The molecule has 0 saturated carbocycles. The van der Waals surface area contributed by atoms with Crippen LogP contribution in [0.2, 0.25) is 0 Å². The Balaban J connectivity index is 1.01. The van der Waals surface area contributed by atoms with Crippen molar-refractivity contribution in [2.45, 2.75) is 12.5 Å². The van der Waals surface area contributed by atoms with E-state index < -0.39 is 0 Å². The normalized spacial score (nSPS) is 14.4. The molecule has 1 aromatic heterocycles. The molecular formula is C44H33N3O. The summed E-state index contributed by atoms with van der Waals surface area (Å²) in [5, 5.41) is 7.36. The molecule has 1 aliphatic rings. The summed E-state index contributed by atoms with van der Waals surface area (Å²) in [4.78, 5) is 4.53. The van der Waals surface area contributed by atoms with Crippen molar-refractivity contribution in [3.8, 4) is 33.9 Å². The standard InChI is InChI=1S/C44H33N3O/c1-4-12-34(13-5-1)35-23-25-36(26-24-35)41-30-42(37-14-6-2-7-15-37)47(46-41)40-27-21-32(22-28-40)19-20-33-11-10-18-39(29-33)44-45-31-43(48-44)38-16-8-3-9-17-38/h1-29,31,42H,30H2/b20-19+. The van der Waals surface area contributed by atoms with E-state index >= 15 is 0 Å². The van der Waals surface area contributed by atoms with Gasteiger partial charge in [-0.25, -0.2) is 4.98 Å². The molecule has 6 aromatic carbocycles. The molecule has 4 heteroatoms. The summed E-state index contributed by atoms with van der Waals surface area (Å²) in [6, 6.07) is 57.0. The average Bonchev–Trinajstić information content (AvgIpc) is 3.85. The zero-order chi connectivity index (χ0) is 32.1. The second-order valence-electron chi connectivity index (χ2n) is 11.9. The zero-order valence-electron chi connectivity index (χ0n) is 26.4. The summed E-state index contributed by atoms with van der Waals surface area (Å²) < 4.78 is 6.08. The molecule has 8 rings (SSSR count). The number of benzene rings is 6. The summed E-state index contributed by atoms with van der Waals surface area (Å²) in [5.41, 5.74) is 11.1. The van der Waals surface area contributed by atoms with Gasteiger partial charge >= 0.3 is 0 Å². The van der Waals surface area contributed by atoms with E-state index in [1.807, 2.05) is 48.5 Å². The van der Waals surface area contributed by atoms with E-state index in [-0.39, 0.29) is 6.04 Å². The van der Waals surface area contributed by atoms with E-state index in [1.54, 1.807) is 6.20 Å². The van der Waals surface area contributed by atoms with Gasteiger partial charge in [0.2, 0.25) is 5.89 Å². The van der Waals surface area contributed by atoms with Gasteiger partial charge in [-0.2, -0.15) is 5.10 Å². The monoisotopic (exact) mass is 619 g/mol. The Bertz CT molecular complexity index is 2180. The number of anilines is 1. The predicted molar refractivity (Wildman–Crippen MR) is 197 cm³/mol. The Morgan fingerprint density at radius 1 is 0.542 bits per heavy atom. The molecule has 2 heterocycles. The molecule has 0 radical (unpaired) electrons. The number of rotatable bonds is 8. The van der Waals surface area contributed by atoms with Gasteiger partial charge in [-0.05, 0) is 57.6 Å². The number of hydrogen-bond donors (Lipinski definition) is 0. The average molecular weight is 620 g/mol. The lowest BCUT2D eigenvalue weighted by atomic mass is 9.96. The summed E-state index contributed by atoms with van der Waals surface area (Å²) in [7, 11) is 0. The summed E-state index contributed by atoms with van der Waals surface area (Å²) in [6.45, 7) is 0. The lowest BCUT2D eigenvalue weighted by molar-refractivity contribution is 0.589. The third kappa shape index (κ3) is 6.24. The maximum Gasteiger partial charge on any atom is 0.226 e. The van der Waals surface area contributed by atoms with Crippen molar-refractivity contribution in [3.05, 3.63) is 192 Å². The molecule has 1 aliphatic heterocycles. The van der Waals surface area contributed by atoms with E-state index in [2.05, 4.69) is 137 Å². The van der Waals surface area contributed by atoms with E-state index in [1.165, 1.54) is 16.7 Å².